The van der Waals surface area contributed by atoms with Crippen LogP contribution < -0.4 is 16.0 Å². The monoisotopic (exact) mass is 280 g/mol. The molecule has 0 spiro atoms. The predicted molar refractivity (Wildman–Crippen MR) is 68.1 cm³/mol. The highest BCUT2D eigenvalue weighted by Crippen LogP contribution is 2.11. The van der Waals surface area contributed by atoms with E-state index in [0.717, 1.165) is 0 Å². The SMILES string of the molecule is NNc1cc(S(=O)(=O)NCc2cccnn2)ccn1. The van der Waals surface area contributed by atoms with Crippen LogP contribution in [0.2, 0.25) is 0 Å². The summed E-state index contributed by atoms with van der Waals surface area (Å²) in [5.74, 6) is 5.45. The third-order valence-electron chi connectivity index (χ3n) is 2.26. The molecule has 0 bridgehead atoms. The van der Waals surface area contributed by atoms with Crippen LogP contribution in [0.15, 0.2) is 41.6 Å². The van der Waals surface area contributed by atoms with E-state index >= 15 is 0 Å². The molecular formula is C10H12N6O2S. The molecule has 9 heteroatoms. The van der Waals surface area contributed by atoms with E-state index in [-0.39, 0.29) is 17.3 Å². The van der Waals surface area contributed by atoms with E-state index < -0.39 is 10.0 Å². The number of aromatic nitrogens is 3. The van der Waals surface area contributed by atoms with Crippen LogP contribution in [0.3, 0.4) is 0 Å². The van der Waals surface area contributed by atoms with Gasteiger partial charge in [-0.1, -0.05) is 0 Å². The minimum Gasteiger partial charge on any atom is -0.308 e. The lowest BCUT2D eigenvalue weighted by Gasteiger charge is -2.07. The Bertz CT molecular complexity index is 646. The molecule has 0 atom stereocenters. The molecule has 2 rings (SSSR count). The molecule has 0 fully saturated rings. The maximum absolute atomic E-state index is 12.0. The van der Waals surface area contributed by atoms with Gasteiger partial charge in [-0.3, -0.25) is 0 Å². The summed E-state index contributed by atoms with van der Waals surface area (Å²) in [7, 11) is -3.64. The number of nitrogens with two attached hydrogens (primary N) is 1. The molecule has 8 nitrogen and oxygen atoms in total. The van der Waals surface area contributed by atoms with Crippen molar-refractivity contribution >= 4 is 15.8 Å². The number of rotatable bonds is 5. The lowest BCUT2D eigenvalue weighted by atomic mass is 10.4. The van der Waals surface area contributed by atoms with Gasteiger partial charge in [-0.15, -0.1) is 0 Å². The number of nitrogen functional groups attached to an aromatic ring is 1. The first-order chi connectivity index (χ1) is 9.12. The van der Waals surface area contributed by atoms with Crippen molar-refractivity contribution in [1.29, 1.82) is 0 Å². The normalized spacial score (nSPS) is 11.2. The van der Waals surface area contributed by atoms with E-state index in [9.17, 15) is 8.42 Å². The van der Waals surface area contributed by atoms with E-state index in [1.807, 2.05) is 0 Å². The van der Waals surface area contributed by atoms with E-state index in [1.54, 1.807) is 12.1 Å². The number of pyridine rings is 1. The maximum Gasteiger partial charge on any atom is 0.241 e. The second-order valence-electron chi connectivity index (χ2n) is 3.56. The van der Waals surface area contributed by atoms with Gasteiger partial charge >= 0.3 is 0 Å². The lowest BCUT2D eigenvalue weighted by molar-refractivity contribution is 0.580. The summed E-state index contributed by atoms with van der Waals surface area (Å²) < 4.78 is 26.5. The van der Waals surface area contributed by atoms with Crippen molar-refractivity contribution in [3.8, 4) is 0 Å². The van der Waals surface area contributed by atoms with Crippen LogP contribution in [0.25, 0.3) is 0 Å². The zero-order valence-electron chi connectivity index (χ0n) is 9.81. The van der Waals surface area contributed by atoms with Gasteiger partial charge in [-0.25, -0.2) is 24.0 Å². The van der Waals surface area contributed by atoms with Gasteiger partial charge in [0.05, 0.1) is 17.1 Å². The van der Waals surface area contributed by atoms with Gasteiger partial charge < -0.3 is 5.43 Å². The quantitative estimate of drug-likeness (QED) is 0.504. The number of anilines is 1. The van der Waals surface area contributed by atoms with Crippen LogP contribution >= 0.6 is 0 Å². The van der Waals surface area contributed by atoms with E-state index in [0.29, 0.717) is 5.69 Å². The average Bonchev–Trinajstić information content (AvgIpc) is 2.46. The van der Waals surface area contributed by atoms with E-state index in [4.69, 9.17) is 5.84 Å². The topological polar surface area (TPSA) is 123 Å². The average molecular weight is 280 g/mol. The Morgan fingerprint density at radius 2 is 2.11 bits per heavy atom. The highest BCUT2D eigenvalue weighted by molar-refractivity contribution is 7.89. The van der Waals surface area contributed by atoms with Crippen molar-refractivity contribution < 1.29 is 8.42 Å². The van der Waals surface area contributed by atoms with Gasteiger partial charge in [0, 0.05) is 18.5 Å². The van der Waals surface area contributed by atoms with Gasteiger partial charge in [-0.2, -0.15) is 10.2 Å². The van der Waals surface area contributed by atoms with Gasteiger partial charge in [0.15, 0.2) is 0 Å². The van der Waals surface area contributed by atoms with Crippen molar-refractivity contribution in [2.75, 3.05) is 5.43 Å². The van der Waals surface area contributed by atoms with E-state index in [2.05, 4.69) is 25.3 Å². The number of nitrogens with one attached hydrogen (secondary N) is 2. The molecule has 0 aliphatic rings. The molecule has 0 aliphatic heterocycles. The molecular weight excluding hydrogens is 268 g/mol. The zero-order valence-corrected chi connectivity index (χ0v) is 10.6. The molecule has 0 radical (unpaired) electrons. The first-order valence-corrected chi connectivity index (χ1v) is 6.79. The molecule has 0 amide bonds. The summed E-state index contributed by atoms with van der Waals surface area (Å²) >= 11 is 0. The molecule has 2 aromatic heterocycles. The third-order valence-corrected chi connectivity index (χ3v) is 3.66. The molecule has 0 aromatic carbocycles. The van der Waals surface area contributed by atoms with Crippen molar-refractivity contribution in [3.05, 3.63) is 42.4 Å². The fourth-order valence-electron chi connectivity index (χ4n) is 1.34. The molecule has 0 saturated heterocycles. The maximum atomic E-state index is 12.0. The number of nitrogens with zero attached hydrogens (tertiary/aromatic N) is 3. The van der Waals surface area contributed by atoms with Crippen LogP contribution in [0.1, 0.15) is 5.69 Å². The summed E-state index contributed by atoms with van der Waals surface area (Å²) in [5.41, 5.74) is 2.81. The van der Waals surface area contributed by atoms with Crippen molar-refractivity contribution in [1.82, 2.24) is 19.9 Å². The third kappa shape index (κ3) is 3.44. The van der Waals surface area contributed by atoms with Crippen LogP contribution in [-0.4, -0.2) is 23.6 Å². The number of hydrazine groups is 1. The van der Waals surface area contributed by atoms with Crippen LogP contribution in [0.5, 0.6) is 0 Å². The molecule has 2 heterocycles. The van der Waals surface area contributed by atoms with Crippen LogP contribution in [0.4, 0.5) is 5.82 Å². The van der Waals surface area contributed by atoms with Gasteiger partial charge in [0.1, 0.15) is 5.82 Å². The predicted octanol–water partition coefficient (Wildman–Crippen LogP) is -0.364. The van der Waals surface area contributed by atoms with Crippen LogP contribution in [-0.2, 0) is 16.6 Å². The largest absolute Gasteiger partial charge is 0.308 e. The molecule has 4 N–H and O–H groups in total. The van der Waals surface area contributed by atoms with Gasteiger partial charge in [0.2, 0.25) is 10.0 Å². The van der Waals surface area contributed by atoms with Crippen molar-refractivity contribution in [2.24, 2.45) is 5.84 Å². The Kier molecular flexibility index (Phi) is 4.00. The molecule has 0 unspecified atom stereocenters. The summed E-state index contributed by atoms with van der Waals surface area (Å²) in [6.45, 7) is 0.0594. The summed E-state index contributed by atoms with van der Waals surface area (Å²) in [5, 5.41) is 7.45. The Balaban J connectivity index is 2.14. The molecule has 2 aromatic rings. The Labute approximate surface area is 110 Å². The van der Waals surface area contributed by atoms with Gasteiger partial charge in [-0.05, 0) is 18.2 Å². The summed E-state index contributed by atoms with van der Waals surface area (Å²) in [6, 6.07) is 6.06. The lowest BCUT2D eigenvalue weighted by Crippen LogP contribution is -2.24. The summed E-state index contributed by atoms with van der Waals surface area (Å²) in [4.78, 5) is 3.91. The molecule has 0 saturated carbocycles. The smallest absolute Gasteiger partial charge is 0.241 e. The summed E-state index contributed by atoms with van der Waals surface area (Å²) in [6.07, 6.45) is 2.87. The van der Waals surface area contributed by atoms with Crippen LogP contribution in [0, 0.1) is 0 Å². The molecule has 100 valence electrons. The second kappa shape index (κ2) is 5.69. The first kappa shape index (κ1) is 13.3. The minimum atomic E-state index is -3.64. The molecule has 0 aliphatic carbocycles. The first-order valence-electron chi connectivity index (χ1n) is 5.31. The number of hydrogen-bond donors (Lipinski definition) is 3. The van der Waals surface area contributed by atoms with E-state index in [1.165, 1.54) is 24.5 Å². The Morgan fingerprint density at radius 3 is 2.79 bits per heavy atom. The number of sulfonamides is 1. The van der Waals surface area contributed by atoms with Crippen molar-refractivity contribution in [2.45, 2.75) is 11.4 Å². The highest BCUT2D eigenvalue weighted by atomic mass is 32.2. The van der Waals surface area contributed by atoms with Gasteiger partial charge in [0.25, 0.3) is 0 Å². The second-order valence-corrected chi connectivity index (χ2v) is 5.33. The van der Waals surface area contributed by atoms with Crippen molar-refractivity contribution in [3.63, 3.8) is 0 Å². The number of hydrogen-bond acceptors (Lipinski definition) is 7. The minimum absolute atomic E-state index is 0.0594. The fourth-order valence-corrected chi connectivity index (χ4v) is 2.35. The zero-order chi connectivity index (χ0) is 13.7. The molecule has 19 heavy (non-hydrogen) atoms. The Morgan fingerprint density at radius 1 is 1.26 bits per heavy atom. The fraction of sp³-hybridized carbons (Fsp3) is 0.100. The standard InChI is InChI=1S/C10H12N6O2S/c11-15-10-6-9(3-5-12-10)19(17,18)14-7-8-2-1-4-13-16-8/h1-6,14H,7,11H2,(H,12,15). The highest BCUT2D eigenvalue weighted by Gasteiger charge is 2.14. The Hall–Kier alpha value is -2.10.